The monoisotopic (exact) mass is 414 g/mol. The van der Waals surface area contributed by atoms with Crippen LogP contribution < -0.4 is 5.32 Å². The third-order valence-electron chi connectivity index (χ3n) is 6.80. The molecule has 0 saturated carbocycles. The minimum absolute atomic E-state index is 0.0666. The predicted octanol–water partition coefficient (Wildman–Crippen LogP) is 1.67. The summed E-state index contributed by atoms with van der Waals surface area (Å²) in [5.74, 6) is 0.547. The molecule has 1 aromatic rings. The normalized spacial score (nSPS) is 27.6. The molecule has 0 aromatic heterocycles. The van der Waals surface area contributed by atoms with Gasteiger partial charge in [-0.3, -0.25) is 14.6 Å². The molecule has 0 aliphatic carbocycles. The van der Waals surface area contributed by atoms with Crippen molar-refractivity contribution in [3.63, 3.8) is 0 Å². The summed E-state index contributed by atoms with van der Waals surface area (Å²) in [5, 5.41) is 13.5. The first-order valence-electron chi connectivity index (χ1n) is 11.3. The summed E-state index contributed by atoms with van der Waals surface area (Å²) in [7, 11) is 0. The maximum Gasteiger partial charge on any atom is 0.325 e. The Bertz CT molecular complexity index is 750. The van der Waals surface area contributed by atoms with Gasteiger partial charge in [-0.1, -0.05) is 37.3 Å². The zero-order valence-corrected chi connectivity index (χ0v) is 17.9. The number of carbonyl (C=O) groups is 2. The number of aliphatic hydroxyl groups is 1. The van der Waals surface area contributed by atoms with Gasteiger partial charge in [0.15, 0.2) is 0 Å². The van der Waals surface area contributed by atoms with E-state index in [0.29, 0.717) is 19.5 Å². The van der Waals surface area contributed by atoms with Crippen LogP contribution in [0.4, 0.5) is 4.79 Å². The lowest BCUT2D eigenvalue weighted by Crippen LogP contribution is -2.58. The molecule has 7 nitrogen and oxygen atoms in total. The summed E-state index contributed by atoms with van der Waals surface area (Å²) in [4.78, 5) is 31.6. The standard InChI is InChI=1S/C23H34N4O3/c1-18-8-12-25(13-9-18)15-20(28)16-27-21(29)23(24-22(27)30)10-5-11-26(17-23)14-19-6-3-2-4-7-19/h2-4,6-7,18,20,28H,5,8-17H2,1H3,(H,24,30). The highest BCUT2D eigenvalue weighted by atomic mass is 16.3. The minimum Gasteiger partial charge on any atom is -0.390 e. The highest BCUT2D eigenvalue weighted by Gasteiger charge is 2.53. The van der Waals surface area contributed by atoms with Crippen molar-refractivity contribution >= 4 is 11.9 Å². The molecule has 2 N–H and O–H groups in total. The van der Waals surface area contributed by atoms with Gasteiger partial charge in [0.25, 0.3) is 5.91 Å². The Morgan fingerprint density at radius 2 is 1.83 bits per heavy atom. The van der Waals surface area contributed by atoms with E-state index in [1.54, 1.807) is 0 Å². The topological polar surface area (TPSA) is 76.1 Å². The first-order valence-corrected chi connectivity index (χ1v) is 11.3. The lowest BCUT2D eigenvalue weighted by atomic mass is 9.88. The molecular formula is C23H34N4O3. The van der Waals surface area contributed by atoms with E-state index >= 15 is 0 Å². The summed E-state index contributed by atoms with van der Waals surface area (Å²) in [6.45, 7) is 6.97. The molecule has 4 rings (SSSR count). The summed E-state index contributed by atoms with van der Waals surface area (Å²) >= 11 is 0. The number of hydrogen-bond donors (Lipinski definition) is 2. The molecule has 3 heterocycles. The van der Waals surface area contributed by atoms with Crippen LogP contribution >= 0.6 is 0 Å². The van der Waals surface area contributed by atoms with Gasteiger partial charge >= 0.3 is 6.03 Å². The summed E-state index contributed by atoms with van der Waals surface area (Å²) in [6.07, 6.45) is 3.07. The largest absolute Gasteiger partial charge is 0.390 e. The number of carbonyl (C=O) groups excluding carboxylic acids is 2. The second kappa shape index (κ2) is 9.04. The Hall–Kier alpha value is -1.96. The van der Waals surface area contributed by atoms with Crippen LogP contribution in [0, 0.1) is 5.92 Å². The summed E-state index contributed by atoms with van der Waals surface area (Å²) in [6, 6.07) is 9.83. The fraction of sp³-hybridized carbons (Fsp3) is 0.652. The number of hydrogen-bond acceptors (Lipinski definition) is 5. The van der Waals surface area contributed by atoms with Crippen LogP contribution in [0.1, 0.15) is 38.2 Å². The molecule has 164 valence electrons. The molecule has 2 atom stereocenters. The van der Waals surface area contributed by atoms with E-state index in [-0.39, 0.29) is 18.5 Å². The average Bonchev–Trinajstić information content (AvgIpc) is 2.94. The Kier molecular flexibility index (Phi) is 6.41. The van der Waals surface area contributed by atoms with Gasteiger partial charge in [0.05, 0.1) is 12.6 Å². The van der Waals surface area contributed by atoms with Crippen molar-refractivity contribution in [2.75, 3.05) is 39.3 Å². The van der Waals surface area contributed by atoms with Crippen LogP contribution in [0.2, 0.25) is 0 Å². The van der Waals surface area contributed by atoms with E-state index in [4.69, 9.17) is 0 Å². The van der Waals surface area contributed by atoms with E-state index in [1.807, 2.05) is 18.2 Å². The molecule has 0 radical (unpaired) electrons. The predicted molar refractivity (Wildman–Crippen MR) is 115 cm³/mol. The maximum atomic E-state index is 13.3. The van der Waals surface area contributed by atoms with E-state index in [2.05, 4.69) is 34.2 Å². The van der Waals surface area contributed by atoms with Crippen LogP contribution in [0.5, 0.6) is 0 Å². The maximum absolute atomic E-state index is 13.3. The van der Waals surface area contributed by atoms with Gasteiger partial charge in [0, 0.05) is 19.6 Å². The first kappa shape index (κ1) is 21.3. The lowest BCUT2D eigenvalue weighted by Gasteiger charge is -2.38. The number of rotatable bonds is 6. The number of aliphatic hydroxyl groups excluding tert-OH is 1. The van der Waals surface area contributed by atoms with Gasteiger partial charge in [-0.15, -0.1) is 0 Å². The van der Waals surface area contributed by atoms with Gasteiger partial charge in [-0.2, -0.15) is 0 Å². The average molecular weight is 415 g/mol. The number of nitrogens with zero attached hydrogens (tertiary/aromatic N) is 3. The second-order valence-electron chi connectivity index (χ2n) is 9.36. The molecule has 3 aliphatic heterocycles. The molecule has 1 spiro atoms. The van der Waals surface area contributed by atoms with Crippen LogP contribution in [-0.2, 0) is 11.3 Å². The third-order valence-corrected chi connectivity index (χ3v) is 6.80. The zero-order valence-electron chi connectivity index (χ0n) is 17.9. The van der Waals surface area contributed by atoms with Gasteiger partial charge in [0.2, 0.25) is 0 Å². The van der Waals surface area contributed by atoms with E-state index in [9.17, 15) is 14.7 Å². The van der Waals surface area contributed by atoms with Crippen LogP contribution in [0.25, 0.3) is 0 Å². The second-order valence-corrected chi connectivity index (χ2v) is 9.36. The summed E-state index contributed by atoms with van der Waals surface area (Å²) < 4.78 is 0. The molecule has 1 aromatic carbocycles. The number of nitrogens with one attached hydrogen (secondary N) is 1. The molecule has 3 fully saturated rings. The molecule has 7 heteroatoms. The van der Waals surface area contributed by atoms with Crippen LogP contribution in [0.15, 0.2) is 30.3 Å². The quantitative estimate of drug-likeness (QED) is 0.693. The number of urea groups is 1. The number of likely N-dealkylation sites (tertiary alicyclic amines) is 2. The molecule has 3 amide bonds. The van der Waals surface area contributed by atoms with Crippen molar-refractivity contribution in [2.45, 2.75) is 50.8 Å². The van der Waals surface area contributed by atoms with Crippen LogP contribution in [0.3, 0.4) is 0 Å². The number of β-amino-alcohol motifs (C(OH)–C–C–N with tert-alkyl or cyclic N) is 1. The number of piperidine rings is 2. The van der Waals surface area contributed by atoms with E-state index in [1.165, 1.54) is 10.5 Å². The van der Waals surface area contributed by atoms with Crippen molar-refractivity contribution in [1.82, 2.24) is 20.0 Å². The Morgan fingerprint density at radius 1 is 1.10 bits per heavy atom. The molecular weight excluding hydrogens is 380 g/mol. The Morgan fingerprint density at radius 3 is 2.57 bits per heavy atom. The molecule has 3 aliphatic rings. The van der Waals surface area contributed by atoms with Gasteiger partial charge in [-0.25, -0.2) is 4.79 Å². The van der Waals surface area contributed by atoms with E-state index < -0.39 is 11.6 Å². The number of imide groups is 1. The van der Waals surface area contributed by atoms with Crippen molar-refractivity contribution < 1.29 is 14.7 Å². The van der Waals surface area contributed by atoms with Crippen molar-refractivity contribution in [3.05, 3.63) is 35.9 Å². The third kappa shape index (κ3) is 4.68. The van der Waals surface area contributed by atoms with E-state index in [0.717, 1.165) is 51.4 Å². The van der Waals surface area contributed by atoms with Crippen molar-refractivity contribution in [2.24, 2.45) is 5.92 Å². The van der Waals surface area contributed by atoms with Crippen molar-refractivity contribution in [1.29, 1.82) is 0 Å². The molecule has 0 bridgehead atoms. The summed E-state index contributed by atoms with van der Waals surface area (Å²) in [5.41, 5.74) is 0.346. The fourth-order valence-corrected chi connectivity index (χ4v) is 5.05. The fourth-order valence-electron chi connectivity index (χ4n) is 5.05. The highest BCUT2D eigenvalue weighted by molar-refractivity contribution is 6.07. The number of amides is 3. The molecule has 3 saturated heterocycles. The van der Waals surface area contributed by atoms with Crippen LogP contribution in [-0.4, -0.2) is 82.7 Å². The zero-order chi connectivity index (χ0) is 21.1. The molecule has 2 unspecified atom stereocenters. The number of benzene rings is 1. The minimum atomic E-state index is -0.857. The van der Waals surface area contributed by atoms with Gasteiger partial charge < -0.3 is 15.3 Å². The first-order chi connectivity index (χ1) is 14.4. The lowest BCUT2D eigenvalue weighted by molar-refractivity contribution is -0.134. The smallest absolute Gasteiger partial charge is 0.325 e. The Labute approximate surface area is 179 Å². The molecule has 30 heavy (non-hydrogen) atoms. The van der Waals surface area contributed by atoms with Gasteiger partial charge in [-0.05, 0) is 56.8 Å². The SMILES string of the molecule is CC1CCN(CC(O)CN2C(=O)NC3(CCCN(Cc4ccccc4)C3)C2=O)CC1. The Balaban J connectivity index is 1.35. The van der Waals surface area contributed by atoms with Gasteiger partial charge in [0.1, 0.15) is 5.54 Å². The highest BCUT2D eigenvalue weighted by Crippen LogP contribution is 2.29. The van der Waals surface area contributed by atoms with Crippen molar-refractivity contribution in [3.8, 4) is 0 Å².